The minimum atomic E-state index is 0.455. The maximum atomic E-state index is 3.57. The number of hydrogen-bond donors (Lipinski definition) is 0. The van der Waals surface area contributed by atoms with E-state index in [4.69, 9.17) is 0 Å². The lowest BCUT2D eigenvalue weighted by Gasteiger charge is -2.09. The first-order valence-electron chi connectivity index (χ1n) is 4.35. The second-order valence-electron chi connectivity index (χ2n) is 3.44. The molecule has 0 bridgehead atoms. The fourth-order valence-electron chi connectivity index (χ4n) is 1.17. The van der Waals surface area contributed by atoms with E-state index in [9.17, 15) is 0 Å². The summed E-state index contributed by atoms with van der Waals surface area (Å²) in [6.07, 6.45) is 0. The Morgan fingerprint density at radius 1 is 1.08 bits per heavy atom. The van der Waals surface area contributed by atoms with Crippen molar-refractivity contribution in [2.75, 3.05) is 0 Å². The fourth-order valence-corrected chi connectivity index (χ4v) is 1.45. The maximum absolute atomic E-state index is 3.57. The van der Waals surface area contributed by atoms with Crippen molar-refractivity contribution in [2.45, 2.75) is 31.5 Å². The Morgan fingerprint density at radius 3 is 2.17 bits per heavy atom. The van der Waals surface area contributed by atoms with Crippen molar-refractivity contribution < 1.29 is 0 Å². The second kappa shape index (κ2) is 4.08. The minimum Gasteiger partial charge on any atom is -0.0842 e. The van der Waals surface area contributed by atoms with E-state index in [2.05, 4.69) is 61.0 Å². The highest BCUT2D eigenvalue weighted by Crippen LogP contribution is 2.24. The van der Waals surface area contributed by atoms with Crippen LogP contribution in [-0.2, 0) is 0 Å². The molecular formula is C11H15Br. The fraction of sp³-hybridized carbons (Fsp3) is 0.455. The van der Waals surface area contributed by atoms with Gasteiger partial charge in [-0.2, -0.15) is 0 Å². The molecule has 1 rings (SSSR count). The molecule has 0 saturated carbocycles. The molecule has 0 aliphatic carbocycles. The summed E-state index contributed by atoms with van der Waals surface area (Å²) in [5, 5.41) is 0. The van der Waals surface area contributed by atoms with Crippen LogP contribution in [0.2, 0.25) is 0 Å². The van der Waals surface area contributed by atoms with E-state index >= 15 is 0 Å². The molecule has 1 atom stereocenters. The molecule has 0 aliphatic heterocycles. The average Bonchev–Trinajstić information content (AvgIpc) is 2.04. The van der Waals surface area contributed by atoms with E-state index in [1.165, 1.54) is 11.1 Å². The molecule has 0 N–H and O–H groups in total. The smallest absolute Gasteiger partial charge is 0.0367 e. The Labute approximate surface area is 83.1 Å². The quantitative estimate of drug-likeness (QED) is 0.662. The van der Waals surface area contributed by atoms with Gasteiger partial charge >= 0.3 is 0 Å². The van der Waals surface area contributed by atoms with Crippen molar-refractivity contribution in [2.24, 2.45) is 0 Å². The predicted molar refractivity (Wildman–Crippen MR) is 57.9 cm³/mol. The van der Waals surface area contributed by atoms with E-state index in [-0.39, 0.29) is 0 Å². The van der Waals surface area contributed by atoms with E-state index in [0.717, 1.165) is 0 Å². The van der Waals surface area contributed by atoms with Crippen LogP contribution in [0.1, 0.15) is 42.6 Å². The van der Waals surface area contributed by atoms with Crippen LogP contribution >= 0.6 is 15.9 Å². The lowest BCUT2D eigenvalue weighted by atomic mass is 10.0. The molecule has 0 fully saturated rings. The first kappa shape index (κ1) is 9.79. The molecule has 0 radical (unpaired) electrons. The highest BCUT2D eigenvalue weighted by Gasteiger charge is 2.03. The third-order valence-electron chi connectivity index (χ3n) is 2.04. The molecule has 1 aromatic carbocycles. The van der Waals surface area contributed by atoms with Gasteiger partial charge in [0.2, 0.25) is 0 Å². The monoisotopic (exact) mass is 226 g/mol. The van der Waals surface area contributed by atoms with Gasteiger partial charge in [-0.05, 0) is 24.0 Å². The number of alkyl halides is 1. The summed E-state index contributed by atoms with van der Waals surface area (Å²) in [4.78, 5) is 0.455. The Morgan fingerprint density at radius 2 is 1.67 bits per heavy atom. The van der Waals surface area contributed by atoms with Crippen molar-refractivity contribution in [3.63, 3.8) is 0 Å². The molecule has 0 nitrogen and oxygen atoms in total. The van der Waals surface area contributed by atoms with Crippen LogP contribution in [0, 0.1) is 0 Å². The minimum absolute atomic E-state index is 0.455. The van der Waals surface area contributed by atoms with Crippen molar-refractivity contribution >= 4 is 15.9 Å². The van der Waals surface area contributed by atoms with Crippen LogP contribution < -0.4 is 0 Å². The van der Waals surface area contributed by atoms with Gasteiger partial charge in [-0.3, -0.25) is 0 Å². The Hall–Kier alpha value is -0.300. The van der Waals surface area contributed by atoms with E-state index < -0.39 is 0 Å². The summed E-state index contributed by atoms with van der Waals surface area (Å²) in [5.74, 6) is 0.621. The molecule has 66 valence electrons. The largest absolute Gasteiger partial charge is 0.0842 e. The van der Waals surface area contributed by atoms with Crippen LogP contribution in [0.3, 0.4) is 0 Å². The molecule has 1 aromatic rings. The van der Waals surface area contributed by atoms with Crippen molar-refractivity contribution in [3.8, 4) is 0 Å². The Balaban J connectivity index is 2.96. The normalized spacial score (nSPS) is 13.4. The topological polar surface area (TPSA) is 0 Å². The zero-order valence-corrected chi connectivity index (χ0v) is 9.43. The molecule has 0 aliphatic rings. The van der Waals surface area contributed by atoms with E-state index in [0.29, 0.717) is 10.7 Å². The predicted octanol–water partition coefficient (Wildman–Crippen LogP) is 4.27. The first-order valence-corrected chi connectivity index (χ1v) is 5.26. The molecule has 0 saturated heterocycles. The number of halogens is 1. The van der Waals surface area contributed by atoms with Gasteiger partial charge in [0.05, 0.1) is 0 Å². The van der Waals surface area contributed by atoms with Crippen LogP contribution in [0.25, 0.3) is 0 Å². The molecule has 0 aromatic heterocycles. The lowest BCUT2D eigenvalue weighted by Crippen LogP contribution is -1.90. The summed E-state index contributed by atoms with van der Waals surface area (Å²) in [6.45, 7) is 6.59. The third kappa shape index (κ3) is 2.34. The van der Waals surface area contributed by atoms with Gasteiger partial charge in [0.1, 0.15) is 0 Å². The summed E-state index contributed by atoms with van der Waals surface area (Å²) >= 11 is 3.57. The zero-order chi connectivity index (χ0) is 9.14. The summed E-state index contributed by atoms with van der Waals surface area (Å²) in [7, 11) is 0. The van der Waals surface area contributed by atoms with Crippen molar-refractivity contribution in [1.29, 1.82) is 0 Å². The molecule has 0 heterocycles. The molecule has 0 amide bonds. The van der Waals surface area contributed by atoms with Gasteiger partial charge in [0, 0.05) is 4.83 Å². The maximum Gasteiger partial charge on any atom is 0.0367 e. The third-order valence-corrected chi connectivity index (χ3v) is 2.57. The highest BCUT2D eigenvalue weighted by molar-refractivity contribution is 9.09. The first-order chi connectivity index (χ1) is 5.61. The van der Waals surface area contributed by atoms with Gasteiger partial charge < -0.3 is 0 Å². The van der Waals surface area contributed by atoms with E-state index in [1.807, 2.05) is 0 Å². The van der Waals surface area contributed by atoms with Crippen molar-refractivity contribution in [3.05, 3.63) is 35.4 Å². The van der Waals surface area contributed by atoms with Gasteiger partial charge in [0.15, 0.2) is 0 Å². The summed E-state index contributed by atoms with van der Waals surface area (Å²) < 4.78 is 0. The van der Waals surface area contributed by atoms with E-state index in [1.54, 1.807) is 0 Å². The molecule has 1 unspecified atom stereocenters. The number of rotatable bonds is 2. The Kier molecular flexibility index (Phi) is 3.33. The molecule has 1 heteroatoms. The van der Waals surface area contributed by atoms with Crippen LogP contribution in [0.5, 0.6) is 0 Å². The second-order valence-corrected chi connectivity index (χ2v) is 4.81. The zero-order valence-electron chi connectivity index (χ0n) is 7.84. The standard InChI is InChI=1S/C11H15Br/c1-8(2)10-5-4-6-11(7-10)9(3)12/h4-9H,1-3H3. The number of hydrogen-bond acceptors (Lipinski definition) is 0. The summed E-state index contributed by atoms with van der Waals surface area (Å²) in [5.41, 5.74) is 2.78. The Bertz CT molecular complexity index is 228. The molecular weight excluding hydrogens is 212 g/mol. The van der Waals surface area contributed by atoms with Gasteiger partial charge in [-0.1, -0.05) is 54.0 Å². The van der Waals surface area contributed by atoms with Crippen LogP contribution in [0.15, 0.2) is 24.3 Å². The summed E-state index contributed by atoms with van der Waals surface area (Å²) in [6, 6.07) is 8.74. The lowest BCUT2D eigenvalue weighted by molar-refractivity contribution is 0.862. The van der Waals surface area contributed by atoms with Crippen LogP contribution in [0.4, 0.5) is 0 Å². The van der Waals surface area contributed by atoms with Gasteiger partial charge in [0.25, 0.3) is 0 Å². The van der Waals surface area contributed by atoms with Gasteiger partial charge in [-0.25, -0.2) is 0 Å². The SMILES string of the molecule is CC(C)c1cccc(C(C)Br)c1. The number of benzene rings is 1. The van der Waals surface area contributed by atoms with Gasteiger partial charge in [-0.15, -0.1) is 0 Å². The van der Waals surface area contributed by atoms with Crippen LogP contribution in [-0.4, -0.2) is 0 Å². The highest BCUT2D eigenvalue weighted by atomic mass is 79.9. The molecule has 12 heavy (non-hydrogen) atoms. The molecule has 0 spiro atoms. The average molecular weight is 227 g/mol. The van der Waals surface area contributed by atoms with Crippen molar-refractivity contribution in [1.82, 2.24) is 0 Å².